The summed E-state index contributed by atoms with van der Waals surface area (Å²) in [6.07, 6.45) is 0. The van der Waals surface area contributed by atoms with Crippen LogP contribution >= 0.6 is 11.8 Å². The number of carbonyl (C=O) groups is 1. The van der Waals surface area contributed by atoms with Crippen LogP contribution in [0.4, 0.5) is 0 Å². The standard InChI is InChI=1S/C26H25NO6S/c1-30-17-10-8-16(9-11-17)15-27-21-14-23(33-4)22(32-3)13-20(21)25(24(27)26(28)29)34-19-7-5-6-18(12-19)31-2/h5-14H,15H2,1-4H3,(H,28,29). The zero-order valence-electron chi connectivity index (χ0n) is 19.3. The molecule has 1 N–H and O–H groups in total. The number of carboxylic acid groups (broad SMARTS) is 1. The first-order valence-electron chi connectivity index (χ1n) is 10.4. The highest BCUT2D eigenvalue weighted by Crippen LogP contribution is 2.43. The van der Waals surface area contributed by atoms with Crippen molar-refractivity contribution < 1.29 is 28.8 Å². The molecule has 0 atom stereocenters. The summed E-state index contributed by atoms with van der Waals surface area (Å²) in [5.74, 6) is 1.47. The number of nitrogens with zero attached hydrogens (tertiary/aromatic N) is 1. The first kappa shape index (κ1) is 23.4. The van der Waals surface area contributed by atoms with Gasteiger partial charge >= 0.3 is 5.97 Å². The zero-order valence-corrected chi connectivity index (χ0v) is 20.1. The van der Waals surface area contributed by atoms with E-state index in [9.17, 15) is 9.90 Å². The quantitative estimate of drug-likeness (QED) is 0.336. The van der Waals surface area contributed by atoms with Gasteiger partial charge < -0.3 is 28.6 Å². The zero-order chi connectivity index (χ0) is 24.2. The second kappa shape index (κ2) is 10.0. The number of hydrogen-bond acceptors (Lipinski definition) is 6. The average molecular weight is 480 g/mol. The van der Waals surface area contributed by atoms with E-state index in [1.54, 1.807) is 33.0 Å². The average Bonchev–Trinajstić information content (AvgIpc) is 3.15. The van der Waals surface area contributed by atoms with Crippen molar-refractivity contribution in [2.45, 2.75) is 16.3 Å². The Balaban J connectivity index is 1.94. The molecule has 0 amide bonds. The van der Waals surface area contributed by atoms with Crippen molar-refractivity contribution in [2.24, 2.45) is 0 Å². The molecule has 7 nitrogen and oxygen atoms in total. The molecule has 0 spiro atoms. The van der Waals surface area contributed by atoms with Crippen LogP contribution in [0.5, 0.6) is 23.0 Å². The van der Waals surface area contributed by atoms with Crippen LogP contribution in [0.1, 0.15) is 16.1 Å². The fraction of sp³-hybridized carbons (Fsp3) is 0.192. The van der Waals surface area contributed by atoms with Crippen LogP contribution in [0.3, 0.4) is 0 Å². The van der Waals surface area contributed by atoms with E-state index in [-0.39, 0.29) is 5.69 Å². The number of fused-ring (bicyclic) bond motifs is 1. The molecule has 4 rings (SSSR count). The first-order valence-corrected chi connectivity index (χ1v) is 11.3. The van der Waals surface area contributed by atoms with Crippen LogP contribution in [0.25, 0.3) is 10.9 Å². The van der Waals surface area contributed by atoms with Gasteiger partial charge in [-0.25, -0.2) is 4.79 Å². The van der Waals surface area contributed by atoms with Crippen molar-refractivity contribution >= 4 is 28.6 Å². The maximum atomic E-state index is 12.6. The Labute approximate surface area is 201 Å². The lowest BCUT2D eigenvalue weighted by molar-refractivity contribution is 0.0682. The molecule has 0 aliphatic carbocycles. The van der Waals surface area contributed by atoms with Gasteiger partial charge in [0.15, 0.2) is 11.5 Å². The fourth-order valence-electron chi connectivity index (χ4n) is 3.82. The van der Waals surface area contributed by atoms with Gasteiger partial charge in [-0.2, -0.15) is 0 Å². The van der Waals surface area contributed by atoms with Gasteiger partial charge in [0.1, 0.15) is 17.2 Å². The molecule has 3 aromatic carbocycles. The van der Waals surface area contributed by atoms with Gasteiger partial charge in [-0.3, -0.25) is 0 Å². The van der Waals surface area contributed by atoms with Crippen molar-refractivity contribution in [3.8, 4) is 23.0 Å². The van der Waals surface area contributed by atoms with Crippen LogP contribution in [-0.2, 0) is 6.54 Å². The summed E-state index contributed by atoms with van der Waals surface area (Å²) in [7, 11) is 6.33. The van der Waals surface area contributed by atoms with Crippen LogP contribution in [0.2, 0.25) is 0 Å². The molecule has 0 aliphatic heterocycles. The number of benzene rings is 3. The van der Waals surface area contributed by atoms with Crippen molar-refractivity contribution in [1.29, 1.82) is 0 Å². The molecule has 0 aliphatic rings. The van der Waals surface area contributed by atoms with Gasteiger partial charge in [-0.15, -0.1) is 0 Å². The summed E-state index contributed by atoms with van der Waals surface area (Å²) in [4.78, 5) is 14.1. The molecule has 0 saturated heterocycles. The van der Waals surface area contributed by atoms with Crippen LogP contribution < -0.4 is 18.9 Å². The molecular weight excluding hydrogens is 454 g/mol. The molecule has 4 aromatic rings. The fourth-order valence-corrected chi connectivity index (χ4v) is 4.95. The van der Waals surface area contributed by atoms with E-state index >= 15 is 0 Å². The highest BCUT2D eigenvalue weighted by molar-refractivity contribution is 7.99. The van der Waals surface area contributed by atoms with E-state index in [0.29, 0.717) is 28.7 Å². The number of aromatic nitrogens is 1. The predicted molar refractivity (Wildman–Crippen MR) is 131 cm³/mol. The van der Waals surface area contributed by atoms with Gasteiger partial charge in [-0.1, -0.05) is 30.0 Å². The van der Waals surface area contributed by atoms with Gasteiger partial charge in [-0.05, 0) is 42.0 Å². The summed E-state index contributed by atoms with van der Waals surface area (Å²) in [5.41, 5.74) is 1.86. The topological polar surface area (TPSA) is 79.2 Å². The summed E-state index contributed by atoms with van der Waals surface area (Å²) in [5, 5.41) is 11.1. The molecule has 0 unspecified atom stereocenters. The SMILES string of the molecule is COc1ccc(Cn2c(C(=O)O)c(Sc3cccc(OC)c3)c3cc(OC)c(OC)cc32)cc1. The minimum atomic E-state index is -1.02. The lowest BCUT2D eigenvalue weighted by Crippen LogP contribution is -2.10. The Morgan fingerprint density at radius 3 is 2.15 bits per heavy atom. The smallest absolute Gasteiger partial charge is 0.353 e. The highest BCUT2D eigenvalue weighted by Gasteiger charge is 2.25. The largest absolute Gasteiger partial charge is 0.497 e. The first-order chi connectivity index (χ1) is 16.5. The van der Waals surface area contributed by atoms with Crippen LogP contribution in [-0.4, -0.2) is 44.1 Å². The minimum absolute atomic E-state index is 0.189. The molecule has 8 heteroatoms. The third kappa shape index (κ3) is 4.49. The maximum absolute atomic E-state index is 12.6. The molecular formula is C26H25NO6S. The maximum Gasteiger partial charge on any atom is 0.353 e. The van der Waals surface area contributed by atoms with E-state index in [2.05, 4.69) is 0 Å². The van der Waals surface area contributed by atoms with E-state index in [1.165, 1.54) is 11.8 Å². The third-order valence-corrected chi connectivity index (χ3v) is 6.59. The Kier molecular flexibility index (Phi) is 6.88. The number of ether oxygens (including phenoxy) is 4. The van der Waals surface area contributed by atoms with E-state index in [4.69, 9.17) is 18.9 Å². The van der Waals surface area contributed by atoms with E-state index in [0.717, 1.165) is 27.1 Å². The molecule has 34 heavy (non-hydrogen) atoms. The molecule has 0 radical (unpaired) electrons. The second-order valence-electron chi connectivity index (χ2n) is 7.42. The molecule has 0 fully saturated rings. The van der Waals surface area contributed by atoms with Crippen LogP contribution in [0, 0.1) is 0 Å². The normalized spacial score (nSPS) is 10.8. The summed E-state index contributed by atoms with van der Waals surface area (Å²) in [6, 6.07) is 18.7. The molecule has 1 heterocycles. The van der Waals surface area contributed by atoms with E-state index in [1.807, 2.05) is 60.7 Å². The molecule has 1 aromatic heterocycles. The van der Waals surface area contributed by atoms with Crippen molar-refractivity contribution in [2.75, 3.05) is 28.4 Å². The Bertz CT molecular complexity index is 1330. The summed E-state index contributed by atoms with van der Waals surface area (Å²) >= 11 is 1.37. The molecule has 176 valence electrons. The predicted octanol–water partition coefficient (Wildman–Crippen LogP) is 5.57. The minimum Gasteiger partial charge on any atom is -0.497 e. The lowest BCUT2D eigenvalue weighted by atomic mass is 10.2. The Hall–Kier alpha value is -3.78. The molecule has 0 saturated carbocycles. The highest BCUT2D eigenvalue weighted by atomic mass is 32.2. The van der Waals surface area contributed by atoms with E-state index < -0.39 is 5.97 Å². The van der Waals surface area contributed by atoms with Crippen molar-refractivity contribution in [3.05, 3.63) is 71.9 Å². The monoisotopic (exact) mass is 479 g/mol. The molecule has 0 bridgehead atoms. The van der Waals surface area contributed by atoms with Gasteiger partial charge in [0.2, 0.25) is 0 Å². The third-order valence-electron chi connectivity index (χ3n) is 5.49. The van der Waals surface area contributed by atoms with Gasteiger partial charge in [0, 0.05) is 22.9 Å². The second-order valence-corrected chi connectivity index (χ2v) is 8.51. The number of rotatable bonds is 9. The Morgan fingerprint density at radius 1 is 0.853 bits per heavy atom. The number of methoxy groups -OCH3 is 4. The van der Waals surface area contributed by atoms with Crippen molar-refractivity contribution in [1.82, 2.24) is 4.57 Å². The van der Waals surface area contributed by atoms with Gasteiger partial charge in [0.05, 0.1) is 38.9 Å². The Morgan fingerprint density at radius 2 is 1.53 bits per heavy atom. The van der Waals surface area contributed by atoms with Gasteiger partial charge in [0.25, 0.3) is 0 Å². The number of aromatic carboxylic acids is 1. The summed E-state index contributed by atoms with van der Waals surface area (Å²) in [6.45, 7) is 0.357. The number of carboxylic acids is 1. The van der Waals surface area contributed by atoms with Crippen LogP contribution in [0.15, 0.2) is 70.5 Å². The number of hydrogen-bond donors (Lipinski definition) is 1. The van der Waals surface area contributed by atoms with Crippen molar-refractivity contribution in [3.63, 3.8) is 0 Å². The summed E-state index contributed by atoms with van der Waals surface area (Å²) < 4.78 is 23.4. The lowest BCUT2D eigenvalue weighted by Gasteiger charge is -2.11.